The summed E-state index contributed by atoms with van der Waals surface area (Å²) in [7, 11) is 1.00. The van der Waals surface area contributed by atoms with Gasteiger partial charge in [0.15, 0.2) is 0 Å². The molecule has 0 spiro atoms. The van der Waals surface area contributed by atoms with Crippen molar-refractivity contribution in [1.29, 1.82) is 0 Å². The van der Waals surface area contributed by atoms with Crippen molar-refractivity contribution in [2.45, 2.75) is 18.0 Å². The third-order valence-electron chi connectivity index (χ3n) is 0.998. The topological polar surface area (TPSA) is 20.2 Å². The van der Waals surface area contributed by atoms with Crippen LogP contribution in [0.25, 0.3) is 0 Å². The maximum atomic E-state index is 11.2. The van der Waals surface area contributed by atoms with Crippen molar-refractivity contribution in [2.24, 2.45) is 0 Å². The van der Waals surface area contributed by atoms with E-state index < -0.39 is 18.0 Å². The summed E-state index contributed by atoms with van der Waals surface area (Å²) in [6.07, 6.45) is -3.25. The Kier molecular flexibility index (Phi) is 2.24. The summed E-state index contributed by atoms with van der Waals surface area (Å²) in [5.74, 6) is -8.79. The van der Waals surface area contributed by atoms with E-state index in [1.54, 1.807) is 0 Å². The molecular weight excluding hydrogens is 159 g/mol. The fourth-order valence-electron chi connectivity index (χ4n) is 0.306. The zero-order chi connectivity index (χ0) is 8.58. The van der Waals surface area contributed by atoms with Crippen LogP contribution in [-0.2, 0) is 0 Å². The molecule has 0 heterocycles. The highest BCUT2D eigenvalue weighted by Crippen LogP contribution is 2.58. The highest BCUT2D eigenvalue weighted by molar-refractivity contribution is 5.15. The van der Waals surface area contributed by atoms with Crippen molar-refractivity contribution >= 4 is 0 Å². The number of hydrogen-bond donors (Lipinski definition) is 1. The molecule has 1 rings (SSSR count). The molecule has 0 aliphatic heterocycles. The number of aliphatic hydroxyl groups excluding tert-OH is 1. The molecule has 0 aromatic heterocycles. The Morgan fingerprint density at radius 1 is 1.00 bits per heavy atom. The molecule has 1 aliphatic carbocycles. The highest BCUT2D eigenvalue weighted by atomic mass is 19.3. The summed E-state index contributed by atoms with van der Waals surface area (Å²) < 4.78 is 55.9. The first kappa shape index (κ1) is 9.61. The molecule has 0 saturated heterocycles. The van der Waals surface area contributed by atoms with Crippen molar-refractivity contribution in [1.82, 2.24) is 0 Å². The third-order valence-corrected chi connectivity index (χ3v) is 0.998. The minimum absolute atomic E-state index is 1.00. The van der Waals surface area contributed by atoms with Crippen LogP contribution in [0.1, 0.15) is 0 Å². The highest BCUT2D eigenvalue weighted by Gasteiger charge is 2.87. The second-order valence-corrected chi connectivity index (χ2v) is 1.61. The summed E-state index contributed by atoms with van der Waals surface area (Å²) >= 11 is 0. The van der Waals surface area contributed by atoms with Crippen LogP contribution in [0.5, 0.6) is 0 Å². The SMILES string of the molecule is CO.FC1C(F)(F)C1(F)F. The average Bonchev–Trinajstić information content (AvgIpc) is 2.20. The molecule has 0 radical (unpaired) electrons. The first-order valence-electron chi connectivity index (χ1n) is 2.25. The van der Waals surface area contributed by atoms with Gasteiger partial charge in [0.05, 0.1) is 0 Å². The van der Waals surface area contributed by atoms with Gasteiger partial charge in [0.25, 0.3) is 0 Å². The Hall–Kier alpha value is -0.390. The summed E-state index contributed by atoms with van der Waals surface area (Å²) in [6, 6.07) is 0. The zero-order valence-corrected chi connectivity index (χ0v) is 4.91. The van der Waals surface area contributed by atoms with Crippen molar-refractivity contribution in [3.63, 3.8) is 0 Å². The smallest absolute Gasteiger partial charge is 0.350 e. The largest absolute Gasteiger partial charge is 0.400 e. The molecular formula is C4H5F5O. The molecule has 0 aromatic rings. The average molecular weight is 164 g/mol. The fourth-order valence-corrected chi connectivity index (χ4v) is 0.306. The van der Waals surface area contributed by atoms with E-state index in [-0.39, 0.29) is 0 Å². The van der Waals surface area contributed by atoms with Crippen LogP contribution < -0.4 is 0 Å². The molecule has 62 valence electrons. The third kappa shape index (κ3) is 0.960. The molecule has 0 unspecified atom stereocenters. The van der Waals surface area contributed by atoms with Gasteiger partial charge in [-0.3, -0.25) is 0 Å². The van der Waals surface area contributed by atoms with Gasteiger partial charge in [0, 0.05) is 7.11 Å². The molecule has 1 nitrogen and oxygen atoms in total. The molecule has 1 N–H and O–H groups in total. The van der Waals surface area contributed by atoms with E-state index >= 15 is 0 Å². The van der Waals surface area contributed by atoms with E-state index in [0.29, 0.717) is 0 Å². The number of alkyl halides is 5. The summed E-state index contributed by atoms with van der Waals surface area (Å²) in [4.78, 5) is 0. The number of halogens is 5. The van der Waals surface area contributed by atoms with E-state index in [2.05, 4.69) is 0 Å². The Bertz CT molecular complexity index is 109. The minimum atomic E-state index is -4.40. The first-order valence-corrected chi connectivity index (χ1v) is 2.25. The summed E-state index contributed by atoms with van der Waals surface area (Å²) in [6.45, 7) is 0. The molecule has 6 heteroatoms. The molecule has 0 aromatic carbocycles. The Balaban J connectivity index is 0.000000371. The van der Waals surface area contributed by atoms with Gasteiger partial charge < -0.3 is 5.11 Å². The normalized spacial score (nSPS) is 26.7. The van der Waals surface area contributed by atoms with Gasteiger partial charge in [0.2, 0.25) is 6.17 Å². The Labute approximate surface area is 53.5 Å². The van der Waals surface area contributed by atoms with Crippen molar-refractivity contribution in [2.75, 3.05) is 7.11 Å². The molecule has 1 saturated carbocycles. The lowest BCUT2D eigenvalue weighted by molar-refractivity contribution is -0.0278. The van der Waals surface area contributed by atoms with Crippen LogP contribution in [0.15, 0.2) is 0 Å². The predicted octanol–water partition coefficient (Wildman–Crippen LogP) is 1.22. The molecule has 10 heavy (non-hydrogen) atoms. The van der Waals surface area contributed by atoms with Crippen LogP contribution in [0.3, 0.4) is 0 Å². The van der Waals surface area contributed by atoms with Gasteiger partial charge in [-0.2, -0.15) is 17.6 Å². The van der Waals surface area contributed by atoms with E-state index in [4.69, 9.17) is 5.11 Å². The quantitative estimate of drug-likeness (QED) is 0.533. The van der Waals surface area contributed by atoms with Crippen LogP contribution in [-0.4, -0.2) is 30.2 Å². The monoisotopic (exact) mass is 164 g/mol. The van der Waals surface area contributed by atoms with Crippen LogP contribution in [0.2, 0.25) is 0 Å². The van der Waals surface area contributed by atoms with E-state index in [0.717, 1.165) is 7.11 Å². The lowest BCUT2D eigenvalue weighted by Gasteiger charge is -1.85. The van der Waals surface area contributed by atoms with Crippen LogP contribution >= 0.6 is 0 Å². The summed E-state index contributed by atoms with van der Waals surface area (Å²) in [5, 5.41) is 7.00. The first-order chi connectivity index (χ1) is 4.40. The summed E-state index contributed by atoms with van der Waals surface area (Å²) in [5.41, 5.74) is 0. The second kappa shape index (κ2) is 2.34. The van der Waals surface area contributed by atoms with E-state index in [1.165, 1.54) is 0 Å². The van der Waals surface area contributed by atoms with Crippen molar-refractivity contribution in [3.05, 3.63) is 0 Å². The maximum absolute atomic E-state index is 11.2. The molecule has 0 bridgehead atoms. The fraction of sp³-hybridized carbons (Fsp3) is 1.00. The lowest BCUT2D eigenvalue weighted by atomic mass is 10.8. The second-order valence-electron chi connectivity index (χ2n) is 1.61. The standard InChI is InChI=1S/C3HF5.CH4O/c4-1-2(5,6)3(1,7)8;1-2/h1H;2H,1H3. The maximum Gasteiger partial charge on any atom is 0.350 e. The molecule has 0 amide bonds. The van der Waals surface area contributed by atoms with Crippen molar-refractivity contribution < 1.29 is 27.1 Å². The van der Waals surface area contributed by atoms with Gasteiger partial charge in [-0.15, -0.1) is 0 Å². The number of aliphatic hydroxyl groups is 1. The minimum Gasteiger partial charge on any atom is -0.400 e. The van der Waals surface area contributed by atoms with Gasteiger partial charge in [0.1, 0.15) is 0 Å². The Morgan fingerprint density at radius 3 is 1.10 bits per heavy atom. The molecule has 1 fully saturated rings. The number of hydrogen-bond acceptors (Lipinski definition) is 1. The van der Waals surface area contributed by atoms with Crippen LogP contribution in [0, 0.1) is 0 Å². The molecule has 1 aliphatic rings. The van der Waals surface area contributed by atoms with Crippen LogP contribution in [0.4, 0.5) is 22.0 Å². The van der Waals surface area contributed by atoms with Gasteiger partial charge in [-0.05, 0) is 0 Å². The zero-order valence-electron chi connectivity index (χ0n) is 4.91. The van der Waals surface area contributed by atoms with E-state index in [9.17, 15) is 22.0 Å². The van der Waals surface area contributed by atoms with Gasteiger partial charge in [-0.25, -0.2) is 4.39 Å². The molecule has 0 atom stereocenters. The lowest BCUT2D eigenvalue weighted by Crippen LogP contribution is -2.02. The van der Waals surface area contributed by atoms with E-state index in [1.807, 2.05) is 0 Å². The predicted molar refractivity (Wildman–Crippen MR) is 22.9 cm³/mol. The Morgan fingerprint density at radius 2 is 1.10 bits per heavy atom. The van der Waals surface area contributed by atoms with Gasteiger partial charge in [-0.1, -0.05) is 0 Å². The van der Waals surface area contributed by atoms with Gasteiger partial charge >= 0.3 is 11.8 Å². The number of rotatable bonds is 0. The van der Waals surface area contributed by atoms with Crippen molar-refractivity contribution in [3.8, 4) is 0 Å².